The Morgan fingerprint density at radius 3 is 2.78 bits per heavy atom. The highest BCUT2D eigenvalue weighted by Gasteiger charge is 2.22. The fraction of sp³-hybridized carbons (Fsp3) is 0.417. The van der Waals surface area contributed by atoms with Gasteiger partial charge >= 0.3 is 0 Å². The fourth-order valence-corrected chi connectivity index (χ4v) is 2.32. The largest absolute Gasteiger partial charge is 0.349 e. The summed E-state index contributed by atoms with van der Waals surface area (Å²) in [6.45, 7) is 3.56. The lowest BCUT2D eigenvalue weighted by atomic mass is 10.1. The Morgan fingerprint density at radius 1 is 1.56 bits per heavy atom. The van der Waals surface area contributed by atoms with E-state index >= 15 is 0 Å². The number of alkyl halides is 1. The first kappa shape index (κ1) is 14.6. The van der Waals surface area contributed by atoms with Crippen LogP contribution in [0.15, 0.2) is 18.2 Å². The molecule has 0 saturated carbocycles. The molecule has 1 amide bonds. The molecule has 1 atom stereocenters. The lowest BCUT2D eigenvalue weighted by Gasteiger charge is -2.13. The van der Waals surface area contributed by atoms with Crippen LogP contribution >= 0.6 is 15.9 Å². The molecule has 1 aromatic carbocycles. The maximum absolute atomic E-state index is 12.0. The molecule has 98 valence electrons. The Kier molecular flexibility index (Phi) is 5.27. The standard InChI is InChI=1S/C12H15BrN2O3/c1-8-4-3-5-10(15(17)18)11(8)12(16)14-9(2)6-7-13/h3-5,9H,6-7H2,1-2H3,(H,14,16). The lowest BCUT2D eigenvalue weighted by molar-refractivity contribution is -0.385. The number of carbonyl (C=O) groups is 1. The van der Waals surface area contributed by atoms with Crippen molar-refractivity contribution < 1.29 is 9.72 Å². The van der Waals surface area contributed by atoms with Gasteiger partial charge in [0.25, 0.3) is 11.6 Å². The molecule has 1 unspecified atom stereocenters. The van der Waals surface area contributed by atoms with Crippen molar-refractivity contribution in [3.8, 4) is 0 Å². The third kappa shape index (κ3) is 3.53. The van der Waals surface area contributed by atoms with E-state index in [9.17, 15) is 14.9 Å². The van der Waals surface area contributed by atoms with Gasteiger partial charge in [-0.2, -0.15) is 0 Å². The number of amides is 1. The van der Waals surface area contributed by atoms with E-state index in [2.05, 4.69) is 21.2 Å². The Balaban J connectivity index is 3.01. The predicted octanol–water partition coefficient (Wildman–Crippen LogP) is 2.81. The molecule has 0 aliphatic carbocycles. The zero-order valence-electron chi connectivity index (χ0n) is 10.3. The molecule has 0 spiro atoms. The number of nitro groups is 1. The van der Waals surface area contributed by atoms with Gasteiger partial charge in [0.05, 0.1) is 4.92 Å². The molecule has 0 aromatic heterocycles. The number of carbonyl (C=O) groups excluding carboxylic acids is 1. The van der Waals surface area contributed by atoms with Gasteiger partial charge in [-0.3, -0.25) is 14.9 Å². The smallest absolute Gasteiger partial charge is 0.282 e. The van der Waals surface area contributed by atoms with E-state index < -0.39 is 10.8 Å². The van der Waals surface area contributed by atoms with E-state index in [0.717, 1.165) is 11.8 Å². The van der Waals surface area contributed by atoms with Crippen molar-refractivity contribution in [2.75, 3.05) is 5.33 Å². The molecule has 0 fully saturated rings. The molecule has 18 heavy (non-hydrogen) atoms. The summed E-state index contributed by atoms with van der Waals surface area (Å²) >= 11 is 3.29. The Morgan fingerprint density at radius 2 is 2.22 bits per heavy atom. The summed E-state index contributed by atoms with van der Waals surface area (Å²) in [5.41, 5.74) is 0.593. The summed E-state index contributed by atoms with van der Waals surface area (Å²) in [6, 6.07) is 4.58. The van der Waals surface area contributed by atoms with Gasteiger partial charge in [-0.1, -0.05) is 28.1 Å². The van der Waals surface area contributed by atoms with Crippen LogP contribution in [0.3, 0.4) is 0 Å². The van der Waals surface area contributed by atoms with Crippen molar-refractivity contribution in [3.63, 3.8) is 0 Å². The van der Waals surface area contributed by atoms with E-state index in [1.807, 2.05) is 6.92 Å². The average Bonchev–Trinajstić information content (AvgIpc) is 2.28. The van der Waals surface area contributed by atoms with E-state index in [1.165, 1.54) is 6.07 Å². The van der Waals surface area contributed by atoms with Crippen LogP contribution < -0.4 is 5.32 Å². The molecule has 5 nitrogen and oxygen atoms in total. The second-order valence-corrected chi connectivity index (χ2v) is 4.87. The molecular formula is C12H15BrN2O3. The summed E-state index contributed by atoms with van der Waals surface area (Å²) in [5, 5.41) is 14.4. The SMILES string of the molecule is Cc1cccc([N+](=O)[O-])c1C(=O)NC(C)CCBr. The van der Waals surface area contributed by atoms with Crippen molar-refractivity contribution in [1.82, 2.24) is 5.32 Å². The third-order valence-electron chi connectivity index (χ3n) is 2.59. The number of nitro benzene ring substituents is 1. The van der Waals surface area contributed by atoms with Crippen LogP contribution in [0.1, 0.15) is 29.3 Å². The van der Waals surface area contributed by atoms with Gasteiger partial charge in [-0.25, -0.2) is 0 Å². The van der Waals surface area contributed by atoms with Gasteiger partial charge in [-0.05, 0) is 25.8 Å². The fourth-order valence-electron chi connectivity index (χ4n) is 1.63. The van der Waals surface area contributed by atoms with Crippen LogP contribution in [0.5, 0.6) is 0 Å². The zero-order valence-corrected chi connectivity index (χ0v) is 11.9. The number of hydrogen-bond donors (Lipinski definition) is 1. The van der Waals surface area contributed by atoms with Crippen molar-refractivity contribution >= 4 is 27.5 Å². The molecule has 0 aliphatic heterocycles. The van der Waals surface area contributed by atoms with E-state index in [-0.39, 0.29) is 17.3 Å². The lowest BCUT2D eigenvalue weighted by Crippen LogP contribution is -2.33. The van der Waals surface area contributed by atoms with Crippen LogP contribution in [-0.4, -0.2) is 22.2 Å². The number of hydrogen-bond acceptors (Lipinski definition) is 3. The predicted molar refractivity (Wildman–Crippen MR) is 73.2 cm³/mol. The number of halogens is 1. The quantitative estimate of drug-likeness (QED) is 0.516. The minimum absolute atomic E-state index is 0.0314. The molecule has 1 aromatic rings. The zero-order chi connectivity index (χ0) is 13.7. The molecule has 0 saturated heterocycles. The molecule has 0 heterocycles. The van der Waals surface area contributed by atoms with E-state index in [1.54, 1.807) is 19.1 Å². The van der Waals surface area contributed by atoms with Crippen molar-refractivity contribution in [2.45, 2.75) is 26.3 Å². The summed E-state index contributed by atoms with van der Waals surface area (Å²) in [6.07, 6.45) is 0.769. The molecule has 6 heteroatoms. The highest BCUT2D eigenvalue weighted by Crippen LogP contribution is 2.21. The summed E-state index contributed by atoms with van der Waals surface area (Å²) < 4.78 is 0. The molecule has 0 aliphatic rings. The molecule has 0 bridgehead atoms. The maximum atomic E-state index is 12.0. The second-order valence-electron chi connectivity index (χ2n) is 4.08. The normalized spacial score (nSPS) is 11.9. The molecule has 0 radical (unpaired) electrons. The summed E-state index contributed by atoms with van der Waals surface area (Å²) in [4.78, 5) is 22.4. The maximum Gasteiger partial charge on any atom is 0.282 e. The van der Waals surface area contributed by atoms with Gasteiger partial charge in [0.15, 0.2) is 0 Å². The first-order valence-electron chi connectivity index (χ1n) is 5.58. The topological polar surface area (TPSA) is 72.2 Å². The average molecular weight is 315 g/mol. The van der Waals surface area contributed by atoms with Crippen LogP contribution in [0.25, 0.3) is 0 Å². The van der Waals surface area contributed by atoms with Crippen LogP contribution in [0, 0.1) is 17.0 Å². The number of rotatable bonds is 5. The highest BCUT2D eigenvalue weighted by molar-refractivity contribution is 9.09. The van der Waals surface area contributed by atoms with Gasteiger partial charge in [-0.15, -0.1) is 0 Å². The van der Waals surface area contributed by atoms with Gasteiger partial charge in [0.2, 0.25) is 0 Å². The summed E-state index contributed by atoms with van der Waals surface area (Å²) in [7, 11) is 0. The Hall–Kier alpha value is -1.43. The molecule has 1 rings (SSSR count). The van der Waals surface area contributed by atoms with Gasteiger partial charge in [0, 0.05) is 17.4 Å². The number of nitrogens with one attached hydrogen (secondary N) is 1. The number of nitrogens with zero attached hydrogens (tertiary/aromatic N) is 1. The van der Waals surface area contributed by atoms with Gasteiger partial charge in [0.1, 0.15) is 5.56 Å². The van der Waals surface area contributed by atoms with Gasteiger partial charge < -0.3 is 5.32 Å². The monoisotopic (exact) mass is 314 g/mol. The number of aryl methyl sites for hydroxylation is 1. The van der Waals surface area contributed by atoms with E-state index in [0.29, 0.717) is 5.56 Å². The summed E-state index contributed by atoms with van der Waals surface area (Å²) in [5.74, 6) is -0.395. The highest BCUT2D eigenvalue weighted by atomic mass is 79.9. The van der Waals surface area contributed by atoms with Crippen LogP contribution in [0.2, 0.25) is 0 Å². The number of benzene rings is 1. The Bertz CT molecular complexity index is 463. The second kappa shape index (κ2) is 6.49. The molecule has 1 N–H and O–H groups in total. The third-order valence-corrected chi connectivity index (χ3v) is 3.05. The first-order valence-corrected chi connectivity index (χ1v) is 6.70. The first-order chi connectivity index (χ1) is 8.47. The van der Waals surface area contributed by atoms with Crippen molar-refractivity contribution in [3.05, 3.63) is 39.4 Å². The van der Waals surface area contributed by atoms with Crippen LogP contribution in [-0.2, 0) is 0 Å². The minimum Gasteiger partial charge on any atom is -0.349 e. The van der Waals surface area contributed by atoms with Crippen molar-refractivity contribution in [1.29, 1.82) is 0 Å². The molecular weight excluding hydrogens is 300 g/mol. The minimum atomic E-state index is -0.531. The Labute approximate surface area is 114 Å². The van der Waals surface area contributed by atoms with E-state index in [4.69, 9.17) is 0 Å². The van der Waals surface area contributed by atoms with Crippen molar-refractivity contribution in [2.24, 2.45) is 0 Å². The van der Waals surface area contributed by atoms with Crippen LogP contribution in [0.4, 0.5) is 5.69 Å².